The third-order valence-electron chi connectivity index (χ3n) is 5.52. The third-order valence-corrected chi connectivity index (χ3v) is 7.40. The van der Waals surface area contributed by atoms with Gasteiger partial charge in [-0.25, -0.2) is 8.42 Å². The first-order chi connectivity index (χ1) is 15.0. The van der Waals surface area contributed by atoms with E-state index in [0.29, 0.717) is 49.8 Å². The molecule has 2 aromatic carbocycles. The zero-order chi connectivity index (χ0) is 21.8. The largest absolute Gasteiger partial charge is 0.497 e. The van der Waals surface area contributed by atoms with E-state index in [1.54, 1.807) is 12.1 Å². The van der Waals surface area contributed by atoms with Crippen molar-refractivity contribution in [2.24, 2.45) is 5.92 Å². The van der Waals surface area contributed by atoms with E-state index in [1.807, 2.05) is 24.3 Å². The number of nitrogens with one attached hydrogen (secondary N) is 1. The molecule has 8 nitrogen and oxygen atoms in total. The quantitative estimate of drug-likeness (QED) is 0.730. The van der Waals surface area contributed by atoms with Gasteiger partial charge in [0.15, 0.2) is 11.5 Å². The van der Waals surface area contributed by atoms with Crippen LogP contribution in [-0.4, -0.2) is 58.1 Å². The summed E-state index contributed by atoms with van der Waals surface area (Å²) in [6, 6.07) is 13.7. The van der Waals surface area contributed by atoms with Crippen LogP contribution in [0.2, 0.25) is 0 Å². The molecule has 1 N–H and O–H groups in total. The number of hydrogen-bond donors (Lipinski definition) is 1. The number of carbonyl (C=O) groups is 1. The second kappa shape index (κ2) is 9.15. The molecule has 2 aromatic rings. The molecular weight excluding hydrogens is 420 g/mol. The summed E-state index contributed by atoms with van der Waals surface area (Å²) in [5, 5.41) is 2.90. The number of para-hydroxylation sites is 2. The molecule has 0 bridgehead atoms. The van der Waals surface area contributed by atoms with Crippen LogP contribution in [0, 0.1) is 5.92 Å². The van der Waals surface area contributed by atoms with Gasteiger partial charge in [0, 0.05) is 13.1 Å². The van der Waals surface area contributed by atoms with Crippen molar-refractivity contribution in [3.63, 3.8) is 0 Å². The van der Waals surface area contributed by atoms with Crippen LogP contribution >= 0.6 is 0 Å². The summed E-state index contributed by atoms with van der Waals surface area (Å²) in [4.78, 5) is 12.9. The van der Waals surface area contributed by atoms with Gasteiger partial charge < -0.3 is 19.5 Å². The fraction of sp³-hybridized carbons (Fsp3) is 0.409. The molecule has 0 aliphatic carbocycles. The molecule has 9 heteroatoms. The maximum Gasteiger partial charge on any atom is 0.243 e. The Morgan fingerprint density at radius 2 is 1.90 bits per heavy atom. The van der Waals surface area contributed by atoms with E-state index in [9.17, 15) is 13.2 Å². The molecular formula is C22H26N2O6S. The summed E-state index contributed by atoms with van der Waals surface area (Å²) in [7, 11) is -2.14. The predicted molar refractivity (Wildman–Crippen MR) is 114 cm³/mol. The Labute approximate surface area is 182 Å². The van der Waals surface area contributed by atoms with Crippen molar-refractivity contribution in [2.75, 3.05) is 33.4 Å². The Kier molecular flexibility index (Phi) is 6.33. The predicted octanol–water partition coefficient (Wildman–Crippen LogP) is 2.05. The highest BCUT2D eigenvalue weighted by atomic mass is 32.2. The zero-order valence-corrected chi connectivity index (χ0v) is 18.1. The molecule has 2 aliphatic heterocycles. The normalized spacial score (nSPS) is 21.3. The lowest BCUT2D eigenvalue weighted by Gasteiger charge is -2.32. The summed E-state index contributed by atoms with van der Waals surface area (Å²) >= 11 is 0. The van der Waals surface area contributed by atoms with Crippen LogP contribution in [0.5, 0.6) is 17.2 Å². The van der Waals surface area contributed by atoms with Crippen LogP contribution < -0.4 is 19.5 Å². The van der Waals surface area contributed by atoms with Crippen molar-refractivity contribution in [1.82, 2.24) is 9.62 Å². The molecule has 31 heavy (non-hydrogen) atoms. The van der Waals surface area contributed by atoms with E-state index in [4.69, 9.17) is 14.2 Å². The molecule has 1 fully saturated rings. The maximum atomic E-state index is 13.0. The van der Waals surface area contributed by atoms with E-state index in [-0.39, 0.29) is 23.5 Å². The van der Waals surface area contributed by atoms with Crippen molar-refractivity contribution in [1.29, 1.82) is 0 Å². The van der Waals surface area contributed by atoms with Crippen LogP contribution in [0.4, 0.5) is 0 Å². The van der Waals surface area contributed by atoms with Gasteiger partial charge in [-0.3, -0.25) is 4.79 Å². The molecule has 2 atom stereocenters. The summed E-state index contributed by atoms with van der Waals surface area (Å²) in [5.74, 6) is 1.36. The lowest BCUT2D eigenvalue weighted by molar-refractivity contribution is -0.126. The van der Waals surface area contributed by atoms with Crippen molar-refractivity contribution in [3.8, 4) is 17.2 Å². The van der Waals surface area contributed by atoms with Crippen molar-refractivity contribution in [3.05, 3.63) is 48.5 Å². The zero-order valence-electron chi connectivity index (χ0n) is 17.3. The molecule has 1 saturated heterocycles. The Balaban J connectivity index is 1.34. The minimum absolute atomic E-state index is 0.158. The van der Waals surface area contributed by atoms with Crippen molar-refractivity contribution < 1.29 is 27.4 Å². The van der Waals surface area contributed by atoms with Gasteiger partial charge >= 0.3 is 0 Å². The Morgan fingerprint density at radius 1 is 1.16 bits per heavy atom. The highest BCUT2D eigenvalue weighted by Gasteiger charge is 2.33. The SMILES string of the molecule is COc1ccc(S(=O)(=O)N2CCC[C@H](C(=O)NC[C@@H]3COc4ccccc4O3)C2)cc1. The lowest BCUT2D eigenvalue weighted by Crippen LogP contribution is -2.48. The molecule has 0 unspecified atom stereocenters. The molecule has 0 radical (unpaired) electrons. The van der Waals surface area contributed by atoms with Gasteiger partial charge in [0.25, 0.3) is 0 Å². The summed E-state index contributed by atoms with van der Waals surface area (Å²) in [6.45, 7) is 1.20. The topological polar surface area (TPSA) is 94.2 Å². The monoisotopic (exact) mass is 446 g/mol. The molecule has 0 aromatic heterocycles. The minimum atomic E-state index is -3.67. The Bertz CT molecular complexity index is 1020. The number of ether oxygens (including phenoxy) is 3. The van der Waals surface area contributed by atoms with Gasteiger partial charge in [0.2, 0.25) is 15.9 Å². The number of piperidine rings is 1. The number of sulfonamides is 1. The number of amides is 1. The van der Waals surface area contributed by atoms with E-state index >= 15 is 0 Å². The first kappa shape index (κ1) is 21.5. The number of fused-ring (bicyclic) bond motifs is 1. The highest BCUT2D eigenvalue weighted by molar-refractivity contribution is 7.89. The van der Waals surface area contributed by atoms with E-state index in [2.05, 4.69) is 5.32 Å². The van der Waals surface area contributed by atoms with Gasteiger partial charge in [-0.2, -0.15) is 4.31 Å². The van der Waals surface area contributed by atoms with Gasteiger partial charge in [-0.1, -0.05) is 12.1 Å². The van der Waals surface area contributed by atoms with E-state index in [0.717, 1.165) is 0 Å². The number of benzene rings is 2. The molecule has 0 spiro atoms. The second-order valence-corrected chi connectivity index (χ2v) is 9.56. The lowest BCUT2D eigenvalue weighted by atomic mass is 9.99. The van der Waals surface area contributed by atoms with Gasteiger partial charge in [0.05, 0.1) is 24.5 Å². The molecule has 0 saturated carbocycles. The first-order valence-electron chi connectivity index (χ1n) is 10.3. The van der Waals surface area contributed by atoms with Gasteiger partial charge in [0.1, 0.15) is 18.5 Å². The van der Waals surface area contributed by atoms with Crippen LogP contribution in [0.25, 0.3) is 0 Å². The van der Waals surface area contributed by atoms with Gasteiger partial charge in [-0.05, 0) is 49.2 Å². The highest BCUT2D eigenvalue weighted by Crippen LogP contribution is 2.31. The third kappa shape index (κ3) is 4.77. The average molecular weight is 447 g/mol. The fourth-order valence-electron chi connectivity index (χ4n) is 3.79. The molecule has 2 aliphatic rings. The Morgan fingerprint density at radius 3 is 2.65 bits per heavy atom. The van der Waals surface area contributed by atoms with Crippen molar-refractivity contribution in [2.45, 2.75) is 23.8 Å². The van der Waals surface area contributed by atoms with Crippen LogP contribution in [-0.2, 0) is 14.8 Å². The average Bonchev–Trinajstić information content (AvgIpc) is 2.82. The number of nitrogens with zero attached hydrogens (tertiary/aromatic N) is 1. The number of rotatable bonds is 6. The number of hydrogen-bond acceptors (Lipinski definition) is 6. The minimum Gasteiger partial charge on any atom is -0.497 e. The number of methoxy groups -OCH3 is 1. The fourth-order valence-corrected chi connectivity index (χ4v) is 5.32. The maximum absolute atomic E-state index is 13.0. The molecule has 2 heterocycles. The summed E-state index contributed by atoms with van der Waals surface area (Å²) < 4.78 is 44.0. The standard InChI is InChI=1S/C22H26N2O6S/c1-28-17-8-10-19(11-9-17)31(26,27)24-12-4-5-16(14-24)22(25)23-13-18-15-29-20-6-2-3-7-21(20)30-18/h2-3,6-11,16,18H,4-5,12-15H2,1H3,(H,23,25)/t16-,18+/m0/s1. The Hall–Kier alpha value is -2.78. The second-order valence-electron chi connectivity index (χ2n) is 7.62. The van der Waals surface area contributed by atoms with Crippen LogP contribution in [0.3, 0.4) is 0 Å². The molecule has 4 rings (SSSR count). The van der Waals surface area contributed by atoms with Crippen LogP contribution in [0.1, 0.15) is 12.8 Å². The summed E-state index contributed by atoms with van der Waals surface area (Å²) in [5.41, 5.74) is 0. The first-order valence-corrected chi connectivity index (χ1v) is 11.7. The molecule has 1 amide bonds. The smallest absolute Gasteiger partial charge is 0.243 e. The van der Waals surface area contributed by atoms with Crippen molar-refractivity contribution >= 4 is 15.9 Å². The van der Waals surface area contributed by atoms with E-state index in [1.165, 1.54) is 23.5 Å². The van der Waals surface area contributed by atoms with Gasteiger partial charge in [-0.15, -0.1) is 0 Å². The van der Waals surface area contributed by atoms with E-state index < -0.39 is 15.9 Å². The summed E-state index contributed by atoms with van der Waals surface area (Å²) in [6.07, 6.45) is 0.983. The number of carbonyl (C=O) groups excluding carboxylic acids is 1. The van der Waals surface area contributed by atoms with Crippen LogP contribution in [0.15, 0.2) is 53.4 Å². The molecule has 166 valence electrons.